The minimum atomic E-state index is -4.95. The number of aliphatic hydroxyl groups is 1. The molecule has 534 valence electrons. The van der Waals surface area contributed by atoms with Crippen molar-refractivity contribution in [3.63, 3.8) is 0 Å². The van der Waals surface area contributed by atoms with E-state index in [0.29, 0.717) is 25.7 Å². The van der Waals surface area contributed by atoms with Gasteiger partial charge in [0.2, 0.25) is 0 Å². The molecular formula is C71H138O17P2. The van der Waals surface area contributed by atoms with Gasteiger partial charge in [-0.1, -0.05) is 311 Å². The van der Waals surface area contributed by atoms with Crippen molar-refractivity contribution in [2.24, 2.45) is 11.8 Å². The number of rotatable bonds is 70. The third kappa shape index (κ3) is 63.5. The molecule has 17 nitrogen and oxygen atoms in total. The normalized spacial score (nSPS) is 14.4. The summed E-state index contributed by atoms with van der Waals surface area (Å²) in [5.74, 6) is -0.594. The van der Waals surface area contributed by atoms with Crippen molar-refractivity contribution in [1.29, 1.82) is 0 Å². The van der Waals surface area contributed by atoms with Gasteiger partial charge in [0.1, 0.15) is 19.3 Å². The summed E-state index contributed by atoms with van der Waals surface area (Å²) in [5.41, 5.74) is 0. The van der Waals surface area contributed by atoms with Gasteiger partial charge in [-0.3, -0.25) is 37.3 Å². The van der Waals surface area contributed by atoms with Crippen LogP contribution < -0.4 is 0 Å². The third-order valence-electron chi connectivity index (χ3n) is 16.8. The van der Waals surface area contributed by atoms with Gasteiger partial charge in [0.25, 0.3) is 0 Å². The SMILES string of the molecule is CCCCCCCCCCCCCCCCCC(=O)O[C@H](COC(=O)CCCCCCCCCCCCC(C)C)COP(=O)(O)OC[C@@H](O)COP(=O)(O)OC[C@@H](COC(=O)CCCCCCCCCCCC)OC(=O)CCCCCCCCCCC(C)CC. The van der Waals surface area contributed by atoms with Crippen molar-refractivity contribution in [1.82, 2.24) is 0 Å². The molecule has 0 aromatic rings. The first-order valence-corrected chi connectivity index (χ1v) is 40.0. The fourth-order valence-electron chi connectivity index (χ4n) is 10.7. The van der Waals surface area contributed by atoms with Crippen LogP contribution in [-0.4, -0.2) is 96.7 Å². The first kappa shape index (κ1) is 88.1. The number of phosphoric ester groups is 2. The summed E-state index contributed by atoms with van der Waals surface area (Å²) in [4.78, 5) is 72.6. The molecule has 0 aliphatic carbocycles. The fourth-order valence-corrected chi connectivity index (χ4v) is 12.3. The Morgan fingerprint density at radius 2 is 0.567 bits per heavy atom. The molecule has 6 atom stereocenters. The van der Waals surface area contributed by atoms with E-state index in [2.05, 4.69) is 41.5 Å². The predicted molar refractivity (Wildman–Crippen MR) is 363 cm³/mol. The number of hydrogen-bond acceptors (Lipinski definition) is 15. The average molecular weight is 1330 g/mol. The van der Waals surface area contributed by atoms with Gasteiger partial charge in [0, 0.05) is 25.7 Å². The van der Waals surface area contributed by atoms with E-state index in [4.69, 9.17) is 37.0 Å². The Bertz CT molecular complexity index is 1750. The van der Waals surface area contributed by atoms with Crippen molar-refractivity contribution in [2.75, 3.05) is 39.6 Å². The molecule has 19 heteroatoms. The van der Waals surface area contributed by atoms with Crippen molar-refractivity contribution in [2.45, 2.75) is 381 Å². The van der Waals surface area contributed by atoms with Gasteiger partial charge in [0.15, 0.2) is 12.2 Å². The van der Waals surface area contributed by atoms with Crippen LogP contribution >= 0.6 is 15.6 Å². The Balaban J connectivity index is 5.26. The Labute approximate surface area is 549 Å². The second-order valence-corrected chi connectivity index (χ2v) is 29.3. The third-order valence-corrected chi connectivity index (χ3v) is 18.7. The molecular weight excluding hydrogens is 1190 g/mol. The Kier molecular flexibility index (Phi) is 61.8. The van der Waals surface area contributed by atoms with Gasteiger partial charge < -0.3 is 33.8 Å². The maximum absolute atomic E-state index is 13.0. The Morgan fingerprint density at radius 1 is 0.322 bits per heavy atom. The monoisotopic (exact) mass is 1320 g/mol. The number of phosphoric acid groups is 2. The van der Waals surface area contributed by atoms with Crippen LogP contribution in [-0.2, 0) is 65.4 Å². The molecule has 0 heterocycles. The smallest absolute Gasteiger partial charge is 0.462 e. The zero-order chi connectivity index (χ0) is 66.5. The number of hydrogen-bond donors (Lipinski definition) is 3. The minimum absolute atomic E-state index is 0.105. The largest absolute Gasteiger partial charge is 0.472 e. The van der Waals surface area contributed by atoms with E-state index in [1.165, 1.54) is 180 Å². The highest BCUT2D eigenvalue weighted by molar-refractivity contribution is 7.47. The topological polar surface area (TPSA) is 237 Å². The lowest BCUT2D eigenvalue weighted by Gasteiger charge is -2.21. The molecule has 0 saturated heterocycles. The maximum atomic E-state index is 13.0. The summed E-state index contributed by atoms with van der Waals surface area (Å²) in [6, 6.07) is 0. The first-order chi connectivity index (χ1) is 43.4. The van der Waals surface area contributed by atoms with Crippen LogP contribution in [0.5, 0.6) is 0 Å². The summed E-state index contributed by atoms with van der Waals surface area (Å²) in [6.45, 7) is 9.54. The first-order valence-electron chi connectivity index (χ1n) is 37.0. The van der Waals surface area contributed by atoms with Crippen LogP contribution in [0.2, 0.25) is 0 Å². The van der Waals surface area contributed by atoms with Crippen LogP contribution in [0, 0.1) is 11.8 Å². The van der Waals surface area contributed by atoms with Crippen LogP contribution in [0.1, 0.15) is 363 Å². The summed E-state index contributed by atoms with van der Waals surface area (Å²) in [7, 11) is -9.90. The van der Waals surface area contributed by atoms with Gasteiger partial charge in [0.05, 0.1) is 26.4 Å². The molecule has 90 heavy (non-hydrogen) atoms. The lowest BCUT2D eigenvalue weighted by molar-refractivity contribution is -0.161. The second kappa shape index (κ2) is 63.1. The van der Waals surface area contributed by atoms with Crippen molar-refractivity contribution in [3.8, 4) is 0 Å². The van der Waals surface area contributed by atoms with Gasteiger partial charge in [-0.2, -0.15) is 0 Å². The zero-order valence-corrected chi connectivity index (χ0v) is 60.2. The second-order valence-electron chi connectivity index (χ2n) is 26.3. The molecule has 0 saturated carbocycles. The quantitative estimate of drug-likeness (QED) is 0.0222. The molecule has 0 fully saturated rings. The van der Waals surface area contributed by atoms with Crippen molar-refractivity contribution >= 4 is 39.5 Å². The van der Waals surface area contributed by atoms with E-state index < -0.39 is 97.5 Å². The average Bonchev–Trinajstić information content (AvgIpc) is 3.44. The standard InChI is InChI=1S/C71H138O17P2/c1-7-10-12-14-16-18-20-21-22-23-24-30-37-43-49-55-70(75)87-66(59-82-69(74)54-48-42-36-29-26-25-27-33-39-45-51-63(4)5)61-85-89(77,78)83-57-65(72)58-84-90(79,80)86-62-67(60-81-68(73)53-47-41-35-28-19-17-15-13-11-8-2)88-71(76)56-50-44-38-32-31-34-40-46-52-64(6)9-3/h63-67,72H,7-62H2,1-6H3,(H,77,78)(H,79,80)/t64?,65-,66-,67-/m1/s1. The van der Waals surface area contributed by atoms with E-state index in [-0.39, 0.29) is 25.7 Å². The van der Waals surface area contributed by atoms with E-state index in [1.807, 2.05) is 0 Å². The zero-order valence-electron chi connectivity index (χ0n) is 58.4. The number of carbonyl (C=O) groups is 4. The molecule has 0 aromatic carbocycles. The lowest BCUT2D eigenvalue weighted by Crippen LogP contribution is -2.30. The van der Waals surface area contributed by atoms with Crippen LogP contribution in [0.3, 0.4) is 0 Å². The molecule has 0 bridgehead atoms. The molecule has 0 rings (SSSR count). The van der Waals surface area contributed by atoms with Gasteiger partial charge in [-0.25, -0.2) is 9.13 Å². The minimum Gasteiger partial charge on any atom is -0.462 e. The highest BCUT2D eigenvalue weighted by Gasteiger charge is 2.30. The van der Waals surface area contributed by atoms with Crippen LogP contribution in [0.4, 0.5) is 0 Å². The molecule has 0 radical (unpaired) electrons. The van der Waals surface area contributed by atoms with E-state index in [0.717, 1.165) is 102 Å². The highest BCUT2D eigenvalue weighted by atomic mass is 31.2. The predicted octanol–water partition coefficient (Wildman–Crippen LogP) is 20.4. The summed E-state index contributed by atoms with van der Waals surface area (Å²) in [5, 5.41) is 10.6. The Hall–Kier alpha value is -1.94. The number of esters is 4. The number of unbranched alkanes of at least 4 members (excludes halogenated alkanes) is 39. The molecule has 0 aromatic heterocycles. The molecule has 3 unspecified atom stereocenters. The Morgan fingerprint density at radius 3 is 0.844 bits per heavy atom. The number of ether oxygens (including phenoxy) is 4. The molecule has 3 N–H and O–H groups in total. The number of carbonyl (C=O) groups excluding carboxylic acids is 4. The molecule has 0 amide bonds. The van der Waals surface area contributed by atoms with E-state index >= 15 is 0 Å². The summed E-state index contributed by atoms with van der Waals surface area (Å²) in [6.07, 6.45) is 48.4. The van der Waals surface area contributed by atoms with Crippen molar-refractivity contribution in [3.05, 3.63) is 0 Å². The van der Waals surface area contributed by atoms with Gasteiger partial charge >= 0.3 is 39.5 Å². The molecule has 0 aliphatic rings. The fraction of sp³-hybridized carbons (Fsp3) is 0.944. The molecule has 0 spiro atoms. The molecule has 0 aliphatic heterocycles. The van der Waals surface area contributed by atoms with Crippen LogP contribution in [0.15, 0.2) is 0 Å². The van der Waals surface area contributed by atoms with Crippen molar-refractivity contribution < 1.29 is 80.2 Å². The summed E-state index contributed by atoms with van der Waals surface area (Å²) < 4.78 is 68.3. The van der Waals surface area contributed by atoms with E-state index in [1.54, 1.807) is 0 Å². The van der Waals surface area contributed by atoms with Gasteiger partial charge in [-0.05, 0) is 37.5 Å². The summed E-state index contributed by atoms with van der Waals surface area (Å²) >= 11 is 0. The maximum Gasteiger partial charge on any atom is 0.472 e. The van der Waals surface area contributed by atoms with Crippen LogP contribution in [0.25, 0.3) is 0 Å². The van der Waals surface area contributed by atoms with E-state index in [9.17, 15) is 43.2 Å². The number of aliphatic hydroxyl groups excluding tert-OH is 1. The lowest BCUT2D eigenvalue weighted by atomic mass is 9.99. The van der Waals surface area contributed by atoms with Gasteiger partial charge in [-0.15, -0.1) is 0 Å². The highest BCUT2D eigenvalue weighted by Crippen LogP contribution is 2.45.